The number of likely N-dealkylation sites (N-methyl/N-ethyl adjacent to an activating group) is 1. The Balaban J connectivity index is 2.79. The summed E-state index contributed by atoms with van der Waals surface area (Å²) in [5.41, 5.74) is 6.59. The first kappa shape index (κ1) is 15.1. The Kier molecular flexibility index (Phi) is 5.75. The summed E-state index contributed by atoms with van der Waals surface area (Å²) in [5.74, 6) is 0.465. The van der Waals surface area contributed by atoms with Crippen LogP contribution in [0.5, 0.6) is 0 Å². The van der Waals surface area contributed by atoms with Gasteiger partial charge in [0.15, 0.2) is 0 Å². The molecule has 4 nitrogen and oxygen atoms in total. The molecule has 0 aromatic carbocycles. The molecule has 0 unspecified atom stereocenters. The highest BCUT2D eigenvalue weighted by Gasteiger charge is 2.16. The smallest absolute Gasteiger partial charge is 0.135 e. The molecule has 1 heterocycles. The standard InChI is InChI=1S/C13H24N4S/c1-5-17(6-2)8-7-10-16-11(9(3)4)12(18-10)13(14)15/h9H,5-8H2,1-4H3,(H3,14,15). The summed E-state index contributed by atoms with van der Waals surface area (Å²) < 4.78 is 0. The zero-order valence-electron chi connectivity index (χ0n) is 11.8. The molecule has 102 valence electrons. The summed E-state index contributed by atoms with van der Waals surface area (Å²) in [6, 6.07) is 0. The molecule has 3 N–H and O–H groups in total. The van der Waals surface area contributed by atoms with E-state index in [9.17, 15) is 0 Å². The monoisotopic (exact) mass is 268 g/mol. The van der Waals surface area contributed by atoms with Gasteiger partial charge < -0.3 is 10.6 Å². The van der Waals surface area contributed by atoms with E-state index in [0.29, 0.717) is 5.92 Å². The second-order valence-corrected chi connectivity index (χ2v) is 5.75. The van der Waals surface area contributed by atoms with Crippen molar-refractivity contribution in [3.05, 3.63) is 15.6 Å². The molecule has 0 aliphatic heterocycles. The van der Waals surface area contributed by atoms with Gasteiger partial charge in [-0.3, -0.25) is 5.41 Å². The van der Waals surface area contributed by atoms with Crippen molar-refractivity contribution in [1.82, 2.24) is 9.88 Å². The maximum Gasteiger partial charge on any atom is 0.135 e. The number of hydrogen-bond acceptors (Lipinski definition) is 4. The van der Waals surface area contributed by atoms with Crippen molar-refractivity contribution >= 4 is 17.2 Å². The van der Waals surface area contributed by atoms with Gasteiger partial charge in [-0.15, -0.1) is 11.3 Å². The molecule has 0 aliphatic carbocycles. The van der Waals surface area contributed by atoms with E-state index in [2.05, 4.69) is 37.6 Å². The van der Waals surface area contributed by atoms with Crippen LogP contribution in [0.15, 0.2) is 0 Å². The van der Waals surface area contributed by atoms with Crippen LogP contribution in [0.4, 0.5) is 0 Å². The van der Waals surface area contributed by atoms with Gasteiger partial charge in [0, 0.05) is 13.0 Å². The number of rotatable bonds is 7. The molecule has 1 aromatic rings. The van der Waals surface area contributed by atoms with Crippen molar-refractivity contribution in [1.29, 1.82) is 5.41 Å². The highest BCUT2D eigenvalue weighted by atomic mass is 32.1. The Bertz CT molecular complexity index is 394. The number of aromatic nitrogens is 1. The summed E-state index contributed by atoms with van der Waals surface area (Å²) in [6.07, 6.45) is 0.944. The third-order valence-corrected chi connectivity index (χ3v) is 4.19. The fourth-order valence-electron chi connectivity index (χ4n) is 1.86. The number of nitrogens with zero attached hydrogens (tertiary/aromatic N) is 2. The number of nitrogens with two attached hydrogens (primary N) is 1. The van der Waals surface area contributed by atoms with Crippen molar-refractivity contribution < 1.29 is 0 Å². The Labute approximate surface area is 114 Å². The quantitative estimate of drug-likeness (QED) is 0.589. The van der Waals surface area contributed by atoms with Crippen LogP contribution in [-0.2, 0) is 6.42 Å². The van der Waals surface area contributed by atoms with Crippen LogP contribution in [-0.4, -0.2) is 35.4 Å². The van der Waals surface area contributed by atoms with Crippen LogP contribution in [0.1, 0.15) is 49.2 Å². The zero-order valence-corrected chi connectivity index (χ0v) is 12.6. The maximum absolute atomic E-state index is 7.61. The topological polar surface area (TPSA) is 66.0 Å². The fourth-order valence-corrected chi connectivity index (χ4v) is 2.93. The van der Waals surface area contributed by atoms with E-state index in [-0.39, 0.29) is 5.84 Å². The molecular weight excluding hydrogens is 244 g/mol. The predicted octanol–water partition coefficient (Wildman–Crippen LogP) is 2.43. The van der Waals surface area contributed by atoms with Crippen molar-refractivity contribution in [3.63, 3.8) is 0 Å². The Hall–Kier alpha value is -0.940. The van der Waals surface area contributed by atoms with Gasteiger partial charge in [-0.1, -0.05) is 27.7 Å². The minimum atomic E-state index is 0.144. The molecule has 0 aliphatic rings. The molecule has 18 heavy (non-hydrogen) atoms. The number of hydrogen-bond donors (Lipinski definition) is 2. The normalized spacial score (nSPS) is 11.4. The highest BCUT2D eigenvalue weighted by Crippen LogP contribution is 2.25. The third kappa shape index (κ3) is 3.78. The van der Waals surface area contributed by atoms with Crippen LogP contribution in [0.2, 0.25) is 0 Å². The van der Waals surface area contributed by atoms with Crippen molar-refractivity contribution in [2.75, 3.05) is 19.6 Å². The van der Waals surface area contributed by atoms with Crippen LogP contribution < -0.4 is 5.73 Å². The van der Waals surface area contributed by atoms with Gasteiger partial charge >= 0.3 is 0 Å². The van der Waals surface area contributed by atoms with E-state index in [1.807, 2.05) is 0 Å². The molecule has 0 amide bonds. The van der Waals surface area contributed by atoms with E-state index in [4.69, 9.17) is 11.1 Å². The zero-order chi connectivity index (χ0) is 13.7. The third-order valence-electron chi connectivity index (χ3n) is 3.03. The van der Waals surface area contributed by atoms with Gasteiger partial charge in [0.05, 0.1) is 15.6 Å². The first-order chi connectivity index (χ1) is 8.49. The molecule has 0 saturated heterocycles. The molecular formula is C13H24N4S. The molecule has 1 aromatic heterocycles. The Morgan fingerprint density at radius 2 is 2.00 bits per heavy atom. The summed E-state index contributed by atoms with van der Waals surface area (Å²) in [6.45, 7) is 11.7. The number of amidine groups is 1. The fraction of sp³-hybridized carbons (Fsp3) is 0.692. The average molecular weight is 268 g/mol. The van der Waals surface area contributed by atoms with Gasteiger partial charge in [0.1, 0.15) is 5.84 Å². The van der Waals surface area contributed by atoms with E-state index in [1.54, 1.807) is 11.3 Å². The molecule has 0 fully saturated rings. The van der Waals surface area contributed by atoms with Gasteiger partial charge in [-0.25, -0.2) is 4.98 Å². The van der Waals surface area contributed by atoms with Gasteiger partial charge in [-0.2, -0.15) is 0 Å². The van der Waals surface area contributed by atoms with E-state index < -0.39 is 0 Å². The second-order valence-electron chi connectivity index (χ2n) is 4.67. The van der Waals surface area contributed by atoms with Crippen LogP contribution >= 0.6 is 11.3 Å². The Morgan fingerprint density at radius 1 is 1.39 bits per heavy atom. The Morgan fingerprint density at radius 3 is 2.39 bits per heavy atom. The number of nitrogens with one attached hydrogen (secondary N) is 1. The lowest BCUT2D eigenvalue weighted by Gasteiger charge is -2.16. The van der Waals surface area contributed by atoms with Crippen LogP contribution in [0.3, 0.4) is 0 Å². The largest absolute Gasteiger partial charge is 0.383 e. The summed E-state index contributed by atoms with van der Waals surface area (Å²) in [4.78, 5) is 7.87. The van der Waals surface area contributed by atoms with Gasteiger partial charge in [0.25, 0.3) is 0 Å². The molecule has 0 radical (unpaired) electrons. The SMILES string of the molecule is CCN(CC)CCc1nc(C(C)C)c(C(=N)N)s1. The lowest BCUT2D eigenvalue weighted by Crippen LogP contribution is -2.25. The van der Waals surface area contributed by atoms with Crippen molar-refractivity contribution in [3.8, 4) is 0 Å². The average Bonchev–Trinajstić information content (AvgIpc) is 2.75. The maximum atomic E-state index is 7.61. The first-order valence-electron chi connectivity index (χ1n) is 6.55. The van der Waals surface area contributed by atoms with Crippen LogP contribution in [0.25, 0.3) is 0 Å². The lowest BCUT2D eigenvalue weighted by molar-refractivity contribution is 0.308. The minimum absolute atomic E-state index is 0.144. The van der Waals surface area contributed by atoms with Crippen LogP contribution in [0, 0.1) is 5.41 Å². The van der Waals surface area contributed by atoms with E-state index >= 15 is 0 Å². The highest BCUT2D eigenvalue weighted by molar-refractivity contribution is 7.13. The van der Waals surface area contributed by atoms with Gasteiger partial charge in [0.2, 0.25) is 0 Å². The summed E-state index contributed by atoms with van der Waals surface area (Å²) in [7, 11) is 0. The summed E-state index contributed by atoms with van der Waals surface area (Å²) in [5, 5.41) is 8.70. The molecule has 0 bridgehead atoms. The lowest BCUT2D eigenvalue weighted by atomic mass is 10.1. The van der Waals surface area contributed by atoms with E-state index in [0.717, 1.165) is 41.6 Å². The van der Waals surface area contributed by atoms with E-state index in [1.165, 1.54) is 0 Å². The van der Waals surface area contributed by atoms with Crippen molar-refractivity contribution in [2.24, 2.45) is 5.73 Å². The van der Waals surface area contributed by atoms with Gasteiger partial charge in [-0.05, 0) is 19.0 Å². The molecule has 0 atom stereocenters. The first-order valence-corrected chi connectivity index (χ1v) is 7.37. The number of thiazole rings is 1. The molecule has 5 heteroatoms. The summed E-state index contributed by atoms with van der Waals surface area (Å²) >= 11 is 1.57. The molecule has 0 spiro atoms. The van der Waals surface area contributed by atoms with Crippen molar-refractivity contribution in [2.45, 2.75) is 40.0 Å². The predicted molar refractivity (Wildman–Crippen MR) is 78.7 cm³/mol. The number of nitrogen functional groups attached to an aromatic ring is 1. The minimum Gasteiger partial charge on any atom is -0.383 e. The second kappa shape index (κ2) is 6.85. The molecule has 1 rings (SSSR count). The molecule has 0 saturated carbocycles.